The molecule has 2 amide bonds. The number of carbonyl (C=O) groups excluding carboxylic acids is 2. The van der Waals surface area contributed by atoms with Gasteiger partial charge < -0.3 is 10.6 Å². The van der Waals surface area contributed by atoms with Crippen LogP contribution in [0.3, 0.4) is 0 Å². The minimum Gasteiger partial charge on any atom is -0.354 e. The predicted molar refractivity (Wildman–Crippen MR) is 143 cm³/mol. The fourth-order valence-corrected chi connectivity index (χ4v) is 5.72. The number of amides is 2. The second-order valence-corrected chi connectivity index (χ2v) is 12.6. The van der Waals surface area contributed by atoms with Crippen LogP contribution in [0.2, 0.25) is 0 Å². The lowest BCUT2D eigenvalue weighted by atomic mass is 10.1. The van der Waals surface area contributed by atoms with Crippen LogP contribution < -0.4 is 10.6 Å². The topological polar surface area (TPSA) is 58.2 Å². The Morgan fingerprint density at radius 3 is 2.31 bits per heavy atom. The van der Waals surface area contributed by atoms with Crippen molar-refractivity contribution in [1.82, 2.24) is 10.6 Å². The molecule has 180 valence electrons. The molecule has 0 saturated heterocycles. The maximum absolute atomic E-state index is 12.2. The first kappa shape index (κ1) is 28.6. The van der Waals surface area contributed by atoms with Gasteiger partial charge in [0, 0.05) is 35.6 Å². The Hall–Kier alpha value is -1.40. The van der Waals surface area contributed by atoms with Crippen molar-refractivity contribution in [1.29, 1.82) is 0 Å². The van der Waals surface area contributed by atoms with Crippen molar-refractivity contribution in [3.8, 4) is 0 Å². The Kier molecular flexibility index (Phi) is 13.8. The van der Waals surface area contributed by atoms with Crippen LogP contribution in [-0.4, -0.2) is 35.4 Å². The molecular formula is C26H42N2O2S2. The van der Waals surface area contributed by atoms with Crippen LogP contribution >= 0.6 is 21.6 Å². The summed E-state index contributed by atoms with van der Waals surface area (Å²) in [4.78, 5) is 24.4. The van der Waals surface area contributed by atoms with E-state index in [1.54, 1.807) is 0 Å². The van der Waals surface area contributed by atoms with E-state index >= 15 is 0 Å². The molecule has 0 radical (unpaired) electrons. The van der Waals surface area contributed by atoms with Crippen LogP contribution in [0.15, 0.2) is 29.8 Å². The Labute approximate surface area is 203 Å². The second-order valence-electron chi connectivity index (χ2n) is 9.50. The van der Waals surface area contributed by atoms with Crippen molar-refractivity contribution < 1.29 is 9.59 Å². The molecule has 0 aliphatic carbocycles. The van der Waals surface area contributed by atoms with Crippen molar-refractivity contribution in [2.24, 2.45) is 5.92 Å². The van der Waals surface area contributed by atoms with E-state index in [1.807, 2.05) is 59.7 Å². The summed E-state index contributed by atoms with van der Waals surface area (Å²) in [6, 6.07) is 7.52. The van der Waals surface area contributed by atoms with Crippen molar-refractivity contribution >= 4 is 39.5 Å². The van der Waals surface area contributed by atoms with Crippen molar-refractivity contribution in [3.05, 3.63) is 41.0 Å². The monoisotopic (exact) mass is 478 g/mol. The van der Waals surface area contributed by atoms with Gasteiger partial charge in [-0.05, 0) is 64.2 Å². The second kappa shape index (κ2) is 15.4. The average molecular weight is 479 g/mol. The fourth-order valence-electron chi connectivity index (χ4n) is 3.00. The lowest BCUT2D eigenvalue weighted by molar-refractivity contribution is -0.121. The Morgan fingerprint density at radius 2 is 1.69 bits per heavy atom. The van der Waals surface area contributed by atoms with Crippen LogP contribution in [0.5, 0.6) is 0 Å². The molecule has 0 saturated carbocycles. The Bertz CT molecular complexity index is 724. The molecule has 0 unspecified atom stereocenters. The molecular weight excluding hydrogens is 436 g/mol. The van der Waals surface area contributed by atoms with Gasteiger partial charge in [0.2, 0.25) is 5.91 Å². The number of rotatable bonds is 15. The lowest BCUT2D eigenvalue weighted by Crippen LogP contribution is -2.35. The molecule has 0 heterocycles. The number of carbonyl (C=O) groups is 2. The quantitative estimate of drug-likeness (QED) is 0.217. The maximum Gasteiger partial charge on any atom is 0.251 e. The Balaban J connectivity index is 2.18. The van der Waals surface area contributed by atoms with E-state index in [9.17, 15) is 9.59 Å². The molecule has 1 rings (SSSR count). The number of unbranched alkanes of at least 4 members (excludes halogenated alkanes) is 1. The highest BCUT2D eigenvalue weighted by molar-refractivity contribution is 8.77. The van der Waals surface area contributed by atoms with Gasteiger partial charge in [-0.15, -0.1) is 0 Å². The summed E-state index contributed by atoms with van der Waals surface area (Å²) in [5.41, 5.74) is 2.93. The molecule has 0 fully saturated rings. The molecule has 0 aliphatic heterocycles. The van der Waals surface area contributed by atoms with Gasteiger partial charge >= 0.3 is 0 Å². The first-order chi connectivity index (χ1) is 15.1. The smallest absolute Gasteiger partial charge is 0.251 e. The average Bonchev–Trinajstić information content (AvgIpc) is 2.72. The molecule has 0 aliphatic rings. The van der Waals surface area contributed by atoms with E-state index in [2.05, 4.69) is 44.4 Å². The predicted octanol–water partition coefficient (Wildman–Crippen LogP) is 6.72. The van der Waals surface area contributed by atoms with Gasteiger partial charge in [0.05, 0.1) is 0 Å². The van der Waals surface area contributed by atoms with Crippen LogP contribution in [0.4, 0.5) is 0 Å². The molecule has 4 nitrogen and oxygen atoms in total. The van der Waals surface area contributed by atoms with E-state index < -0.39 is 0 Å². The molecule has 32 heavy (non-hydrogen) atoms. The largest absolute Gasteiger partial charge is 0.354 e. The first-order valence-corrected chi connectivity index (χ1v) is 14.0. The number of allylic oxidation sites excluding steroid dienone is 1. The van der Waals surface area contributed by atoms with E-state index in [1.165, 1.54) is 30.6 Å². The Morgan fingerprint density at radius 1 is 1.03 bits per heavy atom. The van der Waals surface area contributed by atoms with Crippen LogP contribution in [0.1, 0.15) is 89.6 Å². The zero-order valence-corrected chi connectivity index (χ0v) is 22.4. The van der Waals surface area contributed by atoms with Crippen LogP contribution in [-0.2, 0) is 4.79 Å². The molecule has 0 aromatic heterocycles. The third kappa shape index (κ3) is 13.9. The summed E-state index contributed by atoms with van der Waals surface area (Å²) in [7, 11) is 3.81. The van der Waals surface area contributed by atoms with Gasteiger partial charge in [-0.3, -0.25) is 9.59 Å². The molecule has 1 aromatic rings. The first-order valence-electron chi connectivity index (χ1n) is 11.7. The molecule has 0 spiro atoms. The van der Waals surface area contributed by atoms with Gasteiger partial charge in [-0.1, -0.05) is 72.1 Å². The van der Waals surface area contributed by atoms with E-state index in [4.69, 9.17) is 0 Å². The summed E-state index contributed by atoms with van der Waals surface area (Å²) in [5.74, 6) is 1.88. The molecule has 2 N–H and O–H groups in total. The zero-order valence-electron chi connectivity index (χ0n) is 20.8. The number of benzene rings is 1. The molecule has 6 heteroatoms. The van der Waals surface area contributed by atoms with Gasteiger partial charge in [-0.2, -0.15) is 0 Å². The number of hydrogen-bond donors (Lipinski definition) is 2. The SMILES string of the molecule is CC(C)=Cc1ccc(C(=O)NCCNC(=O)CCC(C)(C)SSCCCCC(C)C)cc1. The third-order valence-electron chi connectivity index (χ3n) is 4.86. The van der Waals surface area contributed by atoms with E-state index in [-0.39, 0.29) is 16.6 Å². The van der Waals surface area contributed by atoms with Crippen molar-refractivity contribution in [3.63, 3.8) is 0 Å². The van der Waals surface area contributed by atoms with Crippen LogP contribution in [0.25, 0.3) is 6.08 Å². The summed E-state index contributed by atoms with van der Waals surface area (Å²) in [6.07, 6.45) is 7.28. The normalized spacial score (nSPS) is 11.3. The minimum absolute atomic E-state index is 0.0425. The summed E-state index contributed by atoms with van der Waals surface area (Å²) in [6.45, 7) is 13.9. The van der Waals surface area contributed by atoms with Gasteiger partial charge in [0.25, 0.3) is 5.91 Å². The molecule has 1 aromatic carbocycles. The number of nitrogens with one attached hydrogen (secondary N) is 2. The van der Waals surface area contributed by atoms with Crippen molar-refractivity contribution in [2.75, 3.05) is 18.8 Å². The van der Waals surface area contributed by atoms with Gasteiger partial charge in [0.15, 0.2) is 0 Å². The van der Waals surface area contributed by atoms with Gasteiger partial charge in [-0.25, -0.2) is 0 Å². The standard InChI is InChI=1S/C26H42N2O2S2/c1-20(2)9-7-8-18-31-32-26(5,6)15-14-24(29)27-16-17-28-25(30)23-12-10-22(11-13-23)19-21(3)4/h10-13,19-20H,7-9,14-18H2,1-6H3,(H,27,29)(H,28,30). The number of hydrogen-bond acceptors (Lipinski definition) is 4. The lowest BCUT2D eigenvalue weighted by Gasteiger charge is -2.23. The fraction of sp³-hybridized carbons (Fsp3) is 0.615. The zero-order chi connectivity index (χ0) is 24.0. The highest BCUT2D eigenvalue weighted by Crippen LogP contribution is 2.39. The summed E-state index contributed by atoms with van der Waals surface area (Å²) >= 11 is 0. The maximum atomic E-state index is 12.2. The summed E-state index contributed by atoms with van der Waals surface area (Å²) < 4.78 is 0.0753. The minimum atomic E-state index is -0.119. The van der Waals surface area contributed by atoms with E-state index in [0.29, 0.717) is 25.1 Å². The highest BCUT2D eigenvalue weighted by Gasteiger charge is 2.20. The third-order valence-corrected chi connectivity index (χ3v) is 8.29. The van der Waals surface area contributed by atoms with Crippen LogP contribution in [0, 0.1) is 5.92 Å². The van der Waals surface area contributed by atoms with E-state index in [0.717, 1.165) is 17.9 Å². The molecule has 0 bridgehead atoms. The molecule has 0 atom stereocenters. The highest BCUT2D eigenvalue weighted by atomic mass is 33.1. The van der Waals surface area contributed by atoms with Crippen molar-refractivity contribution in [2.45, 2.75) is 78.4 Å². The van der Waals surface area contributed by atoms with Gasteiger partial charge in [0.1, 0.15) is 0 Å². The summed E-state index contributed by atoms with van der Waals surface area (Å²) in [5, 5.41) is 5.77.